The van der Waals surface area contributed by atoms with Crippen molar-refractivity contribution in [1.29, 1.82) is 0 Å². The van der Waals surface area contributed by atoms with E-state index in [2.05, 4.69) is 9.97 Å². The smallest absolute Gasteiger partial charge is 1.00 e. The van der Waals surface area contributed by atoms with Crippen molar-refractivity contribution in [3.8, 4) is 0 Å². The fourth-order valence-corrected chi connectivity index (χ4v) is 1.10. The van der Waals surface area contributed by atoms with Crippen LogP contribution in [0.25, 0.3) is 0 Å². The maximum absolute atomic E-state index is 10.3. The zero-order valence-corrected chi connectivity index (χ0v) is 12.7. The van der Waals surface area contributed by atoms with Gasteiger partial charge in [0.1, 0.15) is 11.4 Å². The predicted octanol–water partition coefficient (Wildman–Crippen LogP) is -1.13. The van der Waals surface area contributed by atoms with Gasteiger partial charge in [-0.1, -0.05) is 6.07 Å². The Morgan fingerprint density at radius 1 is 0.952 bits per heavy atom. The number of aromatic carboxylic acids is 2. The molecule has 0 unspecified atom stereocenters. The Morgan fingerprint density at radius 3 is 1.67 bits per heavy atom. The van der Waals surface area contributed by atoms with Crippen molar-refractivity contribution in [1.82, 2.24) is 9.97 Å². The van der Waals surface area contributed by atoms with E-state index >= 15 is 0 Å². The number of carbonyl (C=O) groups is 2. The molecule has 1 radical (unpaired) electrons. The first kappa shape index (κ1) is 21.3. The Hall–Kier alpha value is -1.96. The van der Waals surface area contributed by atoms with Gasteiger partial charge in [0.25, 0.3) is 0 Å². The van der Waals surface area contributed by atoms with E-state index in [0.717, 1.165) is 0 Å². The molecule has 6 nitrogen and oxygen atoms in total. The van der Waals surface area contributed by atoms with Crippen LogP contribution in [0.1, 0.15) is 26.5 Å². The summed E-state index contributed by atoms with van der Waals surface area (Å²) in [5.41, 5.74) is 0.722. The van der Waals surface area contributed by atoms with Gasteiger partial charge < -0.3 is 22.6 Å². The number of hydrogen-bond donors (Lipinski definition) is 2. The number of nitrogens with zero attached hydrogens (tertiary/aromatic N) is 2. The topological polar surface area (TPSA) is 100 Å². The monoisotopic (exact) mass is 354 g/mol. The zero-order chi connectivity index (χ0) is 14.3. The molecule has 2 aromatic heterocycles. The number of rotatable bonds is 2. The zero-order valence-electron chi connectivity index (χ0n) is 10.9. The van der Waals surface area contributed by atoms with Crippen LogP contribution in [0.5, 0.6) is 0 Å². The van der Waals surface area contributed by atoms with Crippen LogP contribution in [0, 0.1) is 6.92 Å². The second kappa shape index (κ2) is 10.8. The second-order valence-electron chi connectivity index (χ2n) is 3.54. The first-order valence-electron chi connectivity index (χ1n) is 5.31. The number of carboxylic acids is 2. The van der Waals surface area contributed by atoms with E-state index < -0.39 is 11.9 Å². The molecule has 2 rings (SSSR count). The molecule has 0 saturated carbocycles. The number of aryl methyl sites for hydroxylation is 1. The van der Waals surface area contributed by atoms with E-state index in [-0.39, 0.29) is 40.6 Å². The van der Waals surface area contributed by atoms with Gasteiger partial charge in [-0.25, -0.2) is 14.6 Å². The van der Waals surface area contributed by atoms with Gasteiger partial charge in [0.05, 0.1) is 0 Å². The quantitative estimate of drug-likeness (QED) is 0.708. The van der Waals surface area contributed by atoms with Crippen molar-refractivity contribution in [3.63, 3.8) is 0 Å². The number of pyridine rings is 2. The maximum atomic E-state index is 10.3. The maximum Gasteiger partial charge on any atom is 2.00 e. The molecular weight excluding hydrogens is 343 g/mol. The number of carboxylic acid groups (broad SMARTS) is 2. The van der Waals surface area contributed by atoms with E-state index in [9.17, 15) is 9.59 Å². The van der Waals surface area contributed by atoms with Crippen molar-refractivity contribution >= 4 is 11.9 Å². The third-order valence-corrected chi connectivity index (χ3v) is 2.03. The van der Waals surface area contributed by atoms with E-state index in [1.165, 1.54) is 23.8 Å². The number of aromatic nitrogens is 2. The summed E-state index contributed by atoms with van der Waals surface area (Å²) in [5.74, 6) is -2.48. The molecule has 0 aliphatic heterocycles. The second-order valence-corrected chi connectivity index (χ2v) is 3.54. The number of halogens is 1. The molecule has 0 bridgehead atoms. The van der Waals surface area contributed by atoms with Gasteiger partial charge in [-0.2, -0.15) is 0 Å². The van der Waals surface area contributed by atoms with Gasteiger partial charge in [0.15, 0.2) is 0 Å². The third-order valence-electron chi connectivity index (χ3n) is 2.03. The van der Waals surface area contributed by atoms with E-state index in [1.54, 1.807) is 12.4 Å². The van der Waals surface area contributed by atoms with Crippen molar-refractivity contribution in [2.24, 2.45) is 0 Å². The Labute approximate surface area is 137 Å². The molecule has 2 aromatic rings. The van der Waals surface area contributed by atoms with Crippen LogP contribution in [0.2, 0.25) is 0 Å². The summed E-state index contributed by atoms with van der Waals surface area (Å²) in [5, 5.41) is 16.9. The van der Waals surface area contributed by atoms with E-state index in [0.29, 0.717) is 0 Å². The van der Waals surface area contributed by atoms with Gasteiger partial charge in [0.2, 0.25) is 0 Å². The van der Waals surface area contributed by atoms with Gasteiger partial charge in [-0.15, -0.1) is 0 Å². The van der Waals surface area contributed by atoms with Gasteiger partial charge >= 0.3 is 28.7 Å². The summed E-state index contributed by atoms with van der Waals surface area (Å²) in [7, 11) is 0. The van der Waals surface area contributed by atoms with Crippen LogP contribution < -0.4 is 12.4 Å². The largest absolute Gasteiger partial charge is 2.00 e. The molecule has 0 aromatic carbocycles. The minimum atomic E-state index is -1.24. The summed E-state index contributed by atoms with van der Waals surface area (Å²) in [6.07, 6.45) is 3.57. The normalized spacial score (nSPS) is 8.24. The molecule has 0 saturated heterocycles. The molecule has 0 aliphatic rings. The summed E-state index contributed by atoms with van der Waals surface area (Å²) in [4.78, 5) is 27.9. The minimum Gasteiger partial charge on any atom is -1.00 e. The fourth-order valence-electron chi connectivity index (χ4n) is 1.10. The molecule has 0 aliphatic carbocycles. The summed E-state index contributed by atoms with van der Waals surface area (Å²) in [6, 6.07) is 7.74. The average molecular weight is 355 g/mol. The summed E-state index contributed by atoms with van der Waals surface area (Å²) in [6.45, 7) is 2.04. The molecule has 2 heterocycles. The predicted molar refractivity (Wildman–Crippen MR) is 67.1 cm³/mol. The van der Waals surface area contributed by atoms with Crippen molar-refractivity contribution in [2.75, 3.05) is 0 Å². The van der Waals surface area contributed by atoms with Crippen molar-refractivity contribution in [2.45, 2.75) is 6.92 Å². The molecular formula is C13H12ClCoN2O4+. The molecule has 0 atom stereocenters. The Bertz CT molecular complexity index is 552. The van der Waals surface area contributed by atoms with Crippen LogP contribution in [-0.4, -0.2) is 32.1 Å². The van der Waals surface area contributed by atoms with Crippen LogP contribution in [0.3, 0.4) is 0 Å². The van der Waals surface area contributed by atoms with E-state index in [4.69, 9.17) is 10.2 Å². The molecule has 0 amide bonds. The molecule has 0 spiro atoms. The van der Waals surface area contributed by atoms with Crippen LogP contribution in [-0.2, 0) is 16.8 Å². The van der Waals surface area contributed by atoms with Gasteiger partial charge in [-0.05, 0) is 36.8 Å². The molecule has 113 valence electrons. The van der Waals surface area contributed by atoms with E-state index in [1.807, 2.05) is 19.1 Å². The molecule has 2 N–H and O–H groups in total. The SMILES string of the molecule is Cc1ccncc1.O=C(O)c1cccc(C(=O)O)n1.[Cl-].[Co+2]. The summed E-state index contributed by atoms with van der Waals surface area (Å²) < 4.78 is 0. The summed E-state index contributed by atoms with van der Waals surface area (Å²) >= 11 is 0. The van der Waals surface area contributed by atoms with Gasteiger partial charge in [0, 0.05) is 12.4 Å². The first-order valence-corrected chi connectivity index (χ1v) is 5.31. The Morgan fingerprint density at radius 2 is 1.38 bits per heavy atom. The average Bonchev–Trinajstić information content (AvgIpc) is 2.40. The Balaban J connectivity index is 0. The van der Waals surface area contributed by atoms with Gasteiger partial charge in [-0.3, -0.25) is 4.98 Å². The fraction of sp³-hybridized carbons (Fsp3) is 0.0769. The molecule has 0 fully saturated rings. The minimum absolute atomic E-state index is 0. The molecule has 21 heavy (non-hydrogen) atoms. The third kappa shape index (κ3) is 8.03. The van der Waals surface area contributed by atoms with Crippen molar-refractivity contribution < 1.29 is 49.0 Å². The standard InChI is InChI=1S/C7H5NO4.C6H7N.ClH.Co/c9-6(10)4-2-1-3-5(8-4)7(11)12;1-6-2-4-7-5-3-6;;/h1-3H,(H,9,10)(H,11,12);2-5H,1H3;1H;/q;;;+2/p-1. The Kier molecular flexibility index (Phi) is 11.0. The van der Waals surface area contributed by atoms with Crippen molar-refractivity contribution in [3.05, 3.63) is 59.7 Å². The van der Waals surface area contributed by atoms with Crippen LogP contribution >= 0.6 is 0 Å². The molecule has 8 heteroatoms. The van der Waals surface area contributed by atoms with Crippen LogP contribution in [0.15, 0.2) is 42.7 Å². The van der Waals surface area contributed by atoms with Crippen LogP contribution in [0.4, 0.5) is 0 Å². The number of hydrogen-bond acceptors (Lipinski definition) is 4. The first-order chi connectivity index (χ1) is 9.00.